The molecule has 0 amide bonds. The van der Waals surface area contributed by atoms with Gasteiger partial charge in [0.05, 0.1) is 11.1 Å². The summed E-state index contributed by atoms with van der Waals surface area (Å²) in [5, 5.41) is 11.4. The van der Waals surface area contributed by atoms with E-state index in [4.69, 9.17) is 9.97 Å². The van der Waals surface area contributed by atoms with Gasteiger partial charge in [-0.25, -0.2) is 0 Å². The second-order valence-corrected chi connectivity index (χ2v) is 7.58. The lowest BCUT2D eigenvalue weighted by Gasteiger charge is -2.21. The number of aromatic hydroxyl groups is 1. The Kier molecular flexibility index (Phi) is 3.92. The number of hydrogen-bond acceptors (Lipinski definition) is 5. The standard InChI is InChI=1S/C21H25N5O/c1-24-17(15-8-2-3-9-18(15)27)14-16-19(24)22-21(26-12-6-7-13-26)23-20(16)25-10-4-5-11-25/h2-3,8-9,14,27H,4-7,10-13H2,1H3. The number of phenols is 1. The Hall–Kier alpha value is -2.76. The molecule has 1 N–H and O–H groups in total. The lowest BCUT2D eigenvalue weighted by Crippen LogP contribution is -2.24. The van der Waals surface area contributed by atoms with E-state index in [2.05, 4.69) is 20.4 Å². The maximum Gasteiger partial charge on any atom is 0.229 e. The van der Waals surface area contributed by atoms with Crippen LogP contribution < -0.4 is 9.80 Å². The molecular weight excluding hydrogens is 338 g/mol. The zero-order chi connectivity index (χ0) is 18.4. The van der Waals surface area contributed by atoms with Gasteiger partial charge in [-0.05, 0) is 43.9 Å². The topological polar surface area (TPSA) is 57.4 Å². The van der Waals surface area contributed by atoms with Crippen LogP contribution in [0.2, 0.25) is 0 Å². The van der Waals surface area contributed by atoms with Gasteiger partial charge in [-0.1, -0.05) is 12.1 Å². The molecule has 2 saturated heterocycles. The van der Waals surface area contributed by atoms with Crippen LogP contribution in [-0.2, 0) is 7.05 Å². The van der Waals surface area contributed by atoms with Crippen LogP contribution in [0, 0.1) is 0 Å². The minimum absolute atomic E-state index is 0.291. The number of hydrogen-bond donors (Lipinski definition) is 1. The summed E-state index contributed by atoms with van der Waals surface area (Å²) in [4.78, 5) is 14.6. The summed E-state index contributed by atoms with van der Waals surface area (Å²) >= 11 is 0. The molecule has 6 nitrogen and oxygen atoms in total. The molecule has 6 heteroatoms. The summed E-state index contributed by atoms with van der Waals surface area (Å²) in [5.74, 6) is 2.17. The van der Waals surface area contributed by atoms with E-state index < -0.39 is 0 Å². The van der Waals surface area contributed by atoms with Gasteiger partial charge in [-0.3, -0.25) is 0 Å². The van der Waals surface area contributed by atoms with E-state index in [1.807, 2.05) is 25.2 Å². The second kappa shape index (κ2) is 6.44. The third-order valence-electron chi connectivity index (χ3n) is 5.83. The first-order valence-electron chi connectivity index (χ1n) is 9.88. The van der Waals surface area contributed by atoms with Crippen LogP contribution in [0.3, 0.4) is 0 Å². The molecule has 27 heavy (non-hydrogen) atoms. The van der Waals surface area contributed by atoms with Crippen LogP contribution in [-0.4, -0.2) is 45.8 Å². The van der Waals surface area contributed by atoms with E-state index in [1.54, 1.807) is 6.07 Å². The molecule has 0 saturated carbocycles. The Morgan fingerprint density at radius 1 is 0.889 bits per heavy atom. The highest BCUT2D eigenvalue weighted by Gasteiger charge is 2.24. The van der Waals surface area contributed by atoms with Crippen LogP contribution >= 0.6 is 0 Å². The van der Waals surface area contributed by atoms with Crippen molar-refractivity contribution in [1.82, 2.24) is 14.5 Å². The molecule has 0 atom stereocenters. The number of phenolic OH excluding ortho intramolecular Hbond substituents is 1. The number of anilines is 2. The van der Waals surface area contributed by atoms with Crippen molar-refractivity contribution >= 4 is 22.8 Å². The van der Waals surface area contributed by atoms with Crippen LogP contribution in [0.15, 0.2) is 30.3 Å². The summed E-state index contributed by atoms with van der Waals surface area (Å²) in [6.45, 7) is 4.15. The van der Waals surface area contributed by atoms with E-state index in [-0.39, 0.29) is 0 Å². The number of rotatable bonds is 3. The van der Waals surface area contributed by atoms with Crippen molar-refractivity contribution in [2.24, 2.45) is 7.05 Å². The Morgan fingerprint density at radius 2 is 1.56 bits per heavy atom. The third-order valence-corrected chi connectivity index (χ3v) is 5.83. The molecule has 1 aromatic carbocycles. The fourth-order valence-corrected chi connectivity index (χ4v) is 4.34. The summed E-state index contributed by atoms with van der Waals surface area (Å²) < 4.78 is 2.09. The monoisotopic (exact) mass is 363 g/mol. The van der Waals surface area contributed by atoms with Gasteiger partial charge in [0.1, 0.15) is 17.2 Å². The summed E-state index contributed by atoms with van der Waals surface area (Å²) in [7, 11) is 2.03. The maximum absolute atomic E-state index is 10.4. The van der Waals surface area contributed by atoms with E-state index in [9.17, 15) is 5.11 Å². The SMILES string of the molecule is Cn1c(-c2ccccc2O)cc2c(N3CCCC3)nc(N3CCCC3)nc21. The number of fused-ring (bicyclic) bond motifs is 1. The number of aryl methyl sites for hydroxylation is 1. The van der Waals surface area contributed by atoms with Crippen molar-refractivity contribution < 1.29 is 5.11 Å². The molecule has 140 valence electrons. The Labute approximate surface area is 159 Å². The molecule has 0 radical (unpaired) electrons. The van der Waals surface area contributed by atoms with Gasteiger partial charge in [-0.2, -0.15) is 9.97 Å². The predicted molar refractivity (Wildman–Crippen MR) is 109 cm³/mol. The number of para-hydroxylation sites is 1. The third kappa shape index (κ3) is 2.71. The van der Waals surface area contributed by atoms with E-state index >= 15 is 0 Å². The van der Waals surface area contributed by atoms with E-state index in [0.717, 1.165) is 60.2 Å². The first kappa shape index (κ1) is 16.4. The number of benzene rings is 1. The van der Waals surface area contributed by atoms with Gasteiger partial charge >= 0.3 is 0 Å². The van der Waals surface area contributed by atoms with Gasteiger partial charge in [0.2, 0.25) is 5.95 Å². The first-order valence-corrected chi connectivity index (χ1v) is 9.88. The van der Waals surface area contributed by atoms with Gasteiger partial charge in [0, 0.05) is 38.8 Å². The summed E-state index contributed by atoms with van der Waals surface area (Å²) in [6, 6.07) is 9.62. The highest BCUT2D eigenvalue weighted by molar-refractivity contribution is 5.94. The minimum Gasteiger partial charge on any atom is -0.507 e. The largest absolute Gasteiger partial charge is 0.507 e. The first-order chi connectivity index (χ1) is 13.2. The fraction of sp³-hybridized carbons (Fsp3) is 0.429. The summed E-state index contributed by atoms with van der Waals surface area (Å²) in [5.41, 5.74) is 2.73. The molecule has 0 unspecified atom stereocenters. The van der Waals surface area contributed by atoms with Crippen LogP contribution in [0.25, 0.3) is 22.3 Å². The lowest BCUT2D eigenvalue weighted by atomic mass is 10.1. The van der Waals surface area contributed by atoms with E-state index in [0.29, 0.717) is 5.75 Å². The van der Waals surface area contributed by atoms with Crippen molar-refractivity contribution in [3.63, 3.8) is 0 Å². The molecule has 0 bridgehead atoms. The lowest BCUT2D eigenvalue weighted by molar-refractivity contribution is 0.477. The molecule has 2 fully saturated rings. The average molecular weight is 363 g/mol. The van der Waals surface area contributed by atoms with Crippen molar-refractivity contribution in [2.45, 2.75) is 25.7 Å². The Morgan fingerprint density at radius 3 is 2.26 bits per heavy atom. The predicted octanol–water partition coefficient (Wildman–Crippen LogP) is 3.54. The zero-order valence-corrected chi connectivity index (χ0v) is 15.7. The highest BCUT2D eigenvalue weighted by atomic mass is 16.3. The quantitative estimate of drug-likeness (QED) is 0.771. The van der Waals surface area contributed by atoms with Crippen LogP contribution in [0.4, 0.5) is 11.8 Å². The smallest absolute Gasteiger partial charge is 0.229 e. The van der Waals surface area contributed by atoms with Gasteiger partial charge in [0.25, 0.3) is 0 Å². The molecule has 2 aromatic heterocycles. The van der Waals surface area contributed by atoms with Gasteiger partial charge in [0.15, 0.2) is 0 Å². The minimum atomic E-state index is 0.291. The van der Waals surface area contributed by atoms with Crippen molar-refractivity contribution in [3.8, 4) is 17.0 Å². The number of aromatic nitrogens is 3. The number of nitrogens with zero attached hydrogens (tertiary/aromatic N) is 5. The van der Waals surface area contributed by atoms with Crippen LogP contribution in [0.1, 0.15) is 25.7 Å². The molecular formula is C21H25N5O. The highest BCUT2D eigenvalue weighted by Crippen LogP contribution is 2.37. The molecule has 2 aliphatic heterocycles. The van der Waals surface area contributed by atoms with Gasteiger partial charge < -0.3 is 19.5 Å². The molecule has 0 aliphatic carbocycles. The van der Waals surface area contributed by atoms with Crippen molar-refractivity contribution in [2.75, 3.05) is 36.0 Å². The fourth-order valence-electron chi connectivity index (χ4n) is 4.34. The summed E-state index contributed by atoms with van der Waals surface area (Å²) in [6.07, 6.45) is 4.83. The average Bonchev–Trinajstić information content (AvgIpc) is 3.44. The van der Waals surface area contributed by atoms with Gasteiger partial charge in [-0.15, -0.1) is 0 Å². The van der Waals surface area contributed by atoms with Crippen molar-refractivity contribution in [3.05, 3.63) is 30.3 Å². The normalized spacial score (nSPS) is 17.4. The Bertz CT molecular complexity index is 984. The van der Waals surface area contributed by atoms with E-state index in [1.165, 1.54) is 25.7 Å². The maximum atomic E-state index is 10.4. The van der Waals surface area contributed by atoms with Crippen LogP contribution in [0.5, 0.6) is 5.75 Å². The Balaban J connectivity index is 1.72. The van der Waals surface area contributed by atoms with Crippen molar-refractivity contribution in [1.29, 1.82) is 0 Å². The molecule has 0 spiro atoms. The molecule has 3 aromatic rings. The second-order valence-electron chi connectivity index (χ2n) is 7.58. The molecule has 4 heterocycles. The molecule has 2 aliphatic rings. The molecule has 5 rings (SSSR count). The zero-order valence-electron chi connectivity index (χ0n) is 15.7.